The van der Waals surface area contributed by atoms with Gasteiger partial charge in [0, 0.05) is 0 Å². The first-order chi connectivity index (χ1) is 9.91. The first-order valence-corrected chi connectivity index (χ1v) is 5.85. The molecule has 0 fully saturated rings. The molecule has 0 unspecified atom stereocenters. The summed E-state index contributed by atoms with van der Waals surface area (Å²) in [7, 11) is -2.42. The maximum Gasteiger partial charge on any atom is 1.00 e. The maximum absolute atomic E-state index is 9.99. The van der Waals surface area contributed by atoms with Gasteiger partial charge in [-0.2, -0.15) is 0 Å². The molecule has 23 heavy (non-hydrogen) atoms. The van der Waals surface area contributed by atoms with Crippen LogP contribution in [0.25, 0.3) is 0 Å². The van der Waals surface area contributed by atoms with Crippen molar-refractivity contribution in [3.8, 4) is 0 Å². The number of rotatable bonds is 6. The Balaban J connectivity index is -0.000000124. The normalized spacial score (nSPS) is 8.65. The summed E-state index contributed by atoms with van der Waals surface area (Å²) in [6.07, 6.45) is 0.259. The van der Waals surface area contributed by atoms with E-state index in [9.17, 15) is 19.2 Å². The van der Waals surface area contributed by atoms with E-state index in [1.807, 2.05) is 0 Å². The molecule has 0 aromatic carbocycles. The number of carboxylic acids is 4. The summed E-state index contributed by atoms with van der Waals surface area (Å²) in [5.74, 6) is -7.58. The minimum atomic E-state index is -2.42. The van der Waals surface area contributed by atoms with Crippen molar-refractivity contribution in [3.63, 3.8) is 0 Å². The van der Waals surface area contributed by atoms with E-state index in [1.54, 1.807) is 0 Å². The summed E-state index contributed by atoms with van der Waals surface area (Å²) < 4.78 is 0. The zero-order valence-electron chi connectivity index (χ0n) is 12.9. The van der Waals surface area contributed by atoms with Gasteiger partial charge in [0.2, 0.25) is 0 Å². The molecule has 0 aromatic rings. The molecule has 0 atom stereocenters. The first-order valence-electron chi connectivity index (χ1n) is 5.85. The average molecular weight is 332 g/mol. The van der Waals surface area contributed by atoms with Gasteiger partial charge in [-0.3, -0.25) is 19.2 Å². The van der Waals surface area contributed by atoms with Crippen LogP contribution in [0, 0.1) is 11.8 Å². The van der Waals surface area contributed by atoms with E-state index in [1.165, 1.54) is 13.8 Å². The van der Waals surface area contributed by atoms with Gasteiger partial charge in [-0.1, -0.05) is 13.8 Å². The van der Waals surface area contributed by atoms with Gasteiger partial charge in [-0.25, -0.2) is 0 Å². The van der Waals surface area contributed by atoms with Crippen LogP contribution in [-0.2, 0) is 19.2 Å². The fourth-order valence-corrected chi connectivity index (χ4v) is 0.910. The van der Waals surface area contributed by atoms with Gasteiger partial charge in [-0.15, -0.1) is 0 Å². The summed E-state index contributed by atoms with van der Waals surface area (Å²) in [5.41, 5.74) is 0. The van der Waals surface area contributed by atoms with Crippen LogP contribution in [0.5, 0.6) is 0 Å². The third kappa shape index (κ3) is 20.4. The Hall–Kier alpha value is -1.58. The van der Waals surface area contributed by atoms with Gasteiger partial charge >= 0.3 is 50.1 Å². The molecule has 0 spiro atoms. The Kier molecular flexibility index (Phi) is 21.5. The van der Waals surface area contributed by atoms with E-state index >= 15 is 0 Å². The van der Waals surface area contributed by atoms with Crippen molar-refractivity contribution in [2.45, 2.75) is 26.7 Å². The fourth-order valence-electron chi connectivity index (χ4n) is 0.910. The maximum atomic E-state index is 9.99. The third-order valence-corrected chi connectivity index (χ3v) is 2.01. The number of carbonyl (C=O) groups is 4. The molecule has 11 nitrogen and oxygen atoms in total. The second-order valence-electron chi connectivity index (χ2n) is 3.60. The van der Waals surface area contributed by atoms with Gasteiger partial charge in [0.25, 0.3) is 0 Å². The van der Waals surface area contributed by atoms with E-state index in [4.69, 9.17) is 35.5 Å². The van der Waals surface area contributed by atoms with Gasteiger partial charge in [0.1, 0.15) is 0 Å². The monoisotopic (exact) mass is 332 g/mol. The number of carboxylic acid groups (broad SMARTS) is 4. The van der Waals surface area contributed by atoms with Crippen LogP contribution >= 0.6 is 0 Å². The van der Waals surface area contributed by atoms with E-state index in [0.717, 1.165) is 0 Å². The molecule has 0 saturated heterocycles. The predicted molar refractivity (Wildman–Crippen MR) is 68.3 cm³/mol. The second kappa shape index (κ2) is 16.8. The molecule has 0 bridgehead atoms. The van der Waals surface area contributed by atoms with Crippen LogP contribution in [-0.4, -0.2) is 61.7 Å². The summed E-state index contributed by atoms with van der Waals surface area (Å²) in [6.45, 7) is 3.04. The summed E-state index contributed by atoms with van der Waals surface area (Å²) in [4.78, 5) is 40.0. The van der Waals surface area contributed by atoms with Gasteiger partial charge < -0.3 is 35.5 Å². The van der Waals surface area contributed by atoms with Crippen molar-refractivity contribution in [3.05, 3.63) is 0 Å². The van der Waals surface area contributed by atoms with Gasteiger partial charge in [-0.05, 0) is 12.8 Å². The van der Waals surface area contributed by atoms with Crippen molar-refractivity contribution in [2.24, 2.45) is 11.8 Å². The Morgan fingerprint density at radius 3 is 0.913 bits per heavy atom. The Bertz CT molecular complexity index is 311. The van der Waals surface area contributed by atoms with Crippen LogP contribution < -0.4 is 23.9 Å². The van der Waals surface area contributed by atoms with E-state index in [-0.39, 0.29) is 31.7 Å². The average Bonchev–Trinajstić information content (AvgIpc) is 2.28. The van der Waals surface area contributed by atoms with Crippen LogP contribution in [0.1, 0.15) is 26.7 Å². The molecular weight excluding hydrogens is 314 g/mol. The Labute approximate surface area is 143 Å². The largest absolute Gasteiger partial charge is 1.00 e. The first kappa shape index (κ1) is 29.4. The molecule has 0 aliphatic carbocycles. The van der Waals surface area contributed by atoms with Crippen molar-refractivity contribution >= 4 is 31.2 Å². The van der Waals surface area contributed by atoms with Crippen LogP contribution in [0.4, 0.5) is 0 Å². The van der Waals surface area contributed by atoms with Crippen LogP contribution in [0.3, 0.4) is 0 Å². The number of hydrogen-bond donors (Lipinski definition) is 6. The minimum absolute atomic E-state index is 0. The van der Waals surface area contributed by atoms with Crippen LogP contribution in [0.15, 0.2) is 0 Å². The second-order valence-corrected chi connectivity index (χ2v) is 3.60. The van der Waals surface area contributed by atoms with E-state index in [0.29, 0.717) is 0 Å². The molecule has 0 radical (unpaired) electrons. The summed E-state index contributed by atoms with van der Waals surface area (Å²) in [6, 6.07) is 0. The molecule has 6 N–H and O–H groups in total. The quantitative estimate of drug-likeness (QED) is 0.199. The van der Waals surface area contributed by atoms with Crippen LogP contribution in [0.2, 0.25) is 0 Å². The zero-order valence-corrected chi connectivity index (χ0v) is 12.9. The number of hydrogen-bond acceptors (Lipinski definition) is 7. The van der Waals surface area contributed by atoms with E-state index in [2.05, 4.69) is 0 Å². The third-order valence-electron chi connectivity index (χ3n) is 2.01. The summed E-state index contributed by atoms with van der Waals surface area (Å²) >= 11 is 0. The topological polar surface area (TPSA) is 213 Å². The Morgan fingerprint density at radius 1 is 0.783 bits per heavy atom. The molecule has 0 rings (SSSR count). The zero-order chi connectivity index (χ0) is 18.5. The molecule has 128 valence electrons. The molecule has 0 aliphatic heterocycles. The van der Waals surface area contributed by atoms with Crippen molar-refractivity contribution in [1.82, 2.24) is 0 Å². The molecular formula is C10H18BLiO11. The standard InChI is InChI=1S/2C5H8O4.BH2O3.Li/c2*1-2-3(4(6)7)5(8)9;2-1(3)4;/h2*3H,2H2,1H3,(H,6,7)(H,8,9);2-3H;/q;;-1;+1. The molecule has 13 heteroatoms. The SMILES string of the molecule is CCC(C(=O)O)C(=O)O.CCC(C(=O)O)C(=O)O.[Li+].[O-]B(O)O. The van der Waals surface area contributed by atoms with E-state index < -0.39 is 43.0 Å². The minimum Gasteiger partial charge on any atom is -0.832 e. The smallest absolute Gasteiger partial charge is 0.832 e. The summed E-state index contributed by atoms with van der Waals surface area (Å²) in [5, 5.41) is 55.4. The predicted octanol–water partition coefficient (Wildman–Crippen LogP) is -5.32. The van der Waals surface area contributed by atoms with Gasteiger partial charge in [0.05, 0.1) is 0 Å². The molecule has 0 heterocycles. The van der Waals surface area contributed by atoms with Crippen molar-refractivity contribution in [1.29, 1.82) is 0 Å². The molecule has 0 saturated carbocycles. The molecule has 0 aromatic heterocycles. The van der Waals surface area contributed by atoms with Crippen molar-refractivity contribution in [2.75, 3.05) is 0 Å². The molecule has 0 aliphatic rings. The fraction of sp³-hybridized carbons (Fsp3) is 0.600. The molecule has 0 amide bonds. The van der Waals surface area contributed by atoms with Gasteiger partial charge in [0.15, 0.2) is 11.8 Å². The Morgan fingerprint density at radius 2 is 0.913 bits per heavy atom. The van der Waals surface area contributed by atoms with Crippen molar-refractivity contribution < 1.29 is 73.5 Å². The number of aliphatic carboxylic acids is 4.